The molecule has 0 saturated heterocycles. The molecule has 0 aromatic carbocycles. The SMILES string of the molecule is OC(CNc1nnc(-c2ccccn2)s1)C1CC1. The van der Waals surface area contributed by atoms with Gasteiger partial charge in [-0.05, 0) is 30.9 Å². The number of nitrogens with one attached hydrogen (secondary N) is 1. The second-order valence-electron chi connectivity index (χ2n) is 4.41. The van der Waals surface area contributed by atoms with Crippen LogP contribution in [0.1, 0.15) is 12.8 Å². The number of hydrogen-bond acceptors (Lipinski definition) is 6. The average Bonchev–Trinajstić information content (AvgIpc) is 3.16. The highest BCUT2D eigenvalue weighted by atomic mass is 32.1. The van der Waals surface area contributed by atoms with Crippen LogP contribution in [0.25, 0.3) is 10.7 Å². The second-order valence-corrected chi connectivity index (χ2v) is 5.39. The van der Waals surface area contributed by atoms with Crippen molar-refractivity contribution in [2.24, 2.45) is 5.92 Å². The lowest BCUT2D eigenvalue weighted by atomic mass is 10.2. The van der Waals surface area contributed by atoms with Crippen molar-refractivity contribution in [3.05, 3.63) is 24.4 Å². The molecule has 2 aromatic rings. The first kappa shape index (κ1) is 11.6. The summed E-state index contributed by atoms with van der Waals surface area (Å²) in [6.45, 7) is 0.543. The largest absolute Gasteiger partial charge is 0.391 e. The molecule has 1 fully saturated rings. The number of aromatic nitrogens is 3. The number of hydrogen-bond donors (Lipinski definition) is 2. The molecule has 0 amide bonds. The molecule has 1 atom stereocenters. The highest BCUT2D eigenvalue weighted by molar-refractivity contribution is 7.18. The first-order valence-corrected chi connectivity index (χ1v) is 6.81. The zero-order valence-corrected chi connectivity index (χ0v) is 10.6. The van der Waals surface area contributed by atoms with Gasteiger partial charge in [0.1, 0.15) is 5.69 Å². The van der Waals surface area contributed by atoms with Crippen molar-refractivity contribution in [2.75, 3.05) is 11.9 Å². The summed E-state index contributed by atoms with van der Waals surface area (Å²) >= 11 is 1.45. The van der Waals surface area contributed by atoms with Gasteiger partial charge in [0.15, 0.2) is 5.01 Å². The highest BCUT2D eigenvalue weighted by Crippen LogP contribution is 2.33. The van der Waals surface area contributed by atoms with Crippen molar-refractivity contribution in [3.8, 4) is 10.7 Å². The van der Waals surface area contributed by atoms with E-state index in [0.717, 1.165) is 28.7 Å². The van der Waals surface area contributed by atoms with Crippen LogP contribution in [-0.2, 0) is 0 Å². The van der Waals surface area contributed by atoms with Gasteiger partial charge in [-0.15, -0.1) is 10.2 Å². The molecular formula is C12H14N4OS. The van der Waals surface area contributed by atoms with Gasteiger partial charge in [0, 0.05) is 12.7 Å². The van der Waals surface area contributed by atoms with E-state index in [1.54, 1.807) is 6.20 Å². The summed E-state index contributed by atoms with van der Waals surface area (Å²) < 4.78 is 0. The molecule has 5 nitrogen and oxygen atoms in total. The molecule has 0 radical (unpaired) electrons. The molecule has 1 aliphatic rings. The fourth-order valence-corrected chi connectivity index (χ4v) is 2.45. The van der Waals surface area contributed by atoms with Crippen LogP contribution < -0.4 is 5.32 Å². The zero-order chi connectivity index (χ0) is 12.4. The molecule has 0 bridgehead atoms. The van der Waals surface area contributed by atoms with Gasteiger partial charge in [0.05, 0.1) is 6.10 Å². The fourth-order valence-electron chi connectivity index (χ4n) is 1.73. The molecule has 3 rings (SSSR count). The smallest absolute Gasteiger partial charge is 0.206 e. The number of rotatable bonds is 5. The standard InChI is InChI=1S/C12H14N4OS/c17-10(8-4-5-8)7-14-12-16-15-11(18-12)9-3-1-2-6-13-9/h1-3,6,8,10,17H,4-5,7H2,(H,14,16). The molecule has 2 aromatic heterocycles. The van der Waals surface area contributed by atoms with E-state index in [2.05, 4.69) is 20.5 Å². The van der Waals surface area contributed by atoms with E-state index in [-0.39, 0.29) is 6.10 Å². The van der Waals surface area contributed by atoms with Gasteiger partial charge in [0.25, 0.3) is 0 Å². The summed E-state index contributed by atoms with van der Waals surface area (Å²) in [5.74, 6) is 0.473. The number of aliphatic hydroxyl groups excluding tert-OH is 1. The maximum Gasteiger partial charge on any atom is 0.206 e. The third-order valence-electron chi connectivity index (χ3n) is 2.94. The van der Waals surface area contributed by atoms with Crippen molar-refractivity contribution < 1.29 is 5.11 Å². The molecule has 1 unspecified atom stereocenters. The highest BCUT2D eigenvalue weighted by Gasteiger charge is 2.29. The van der Waals surface area contributed by atoms with Crippen LogP contribution in [0.5, 0.6) is 0 Å². The molecule has 0 aliphatic heterocycles. The Hall–Kier alpha value is -1.53. The topological polar surface area (TPSA) is 70.9 Å². The van der Waals surface area contributed by atoms with Gasteiger partial charge in [-0.25, -0.2) is 0 Å². The lowest BCUT2D eigenvalue weighted by Crippen LogP contribution is -2.21. The molecule has 2 N–H and O–H groups in total. The minimum Gasteiger partial charge on any atom is -0.391 e. The maximum atomic E-state index is 9.76. The molecule has 0 spiro atoms. The number of anilines is 1. The summed E-state index contributed by atoms with van der Waals surface area (Å²) in [6.07, 6.45) is 3.74. The lowest BCUT2D eigenvalue weighted by molar-refractivity contribution is 0.164. The van der Waals surface area contributed by atoms with E-state index in [4.69, 9.17) is 0 Å². The van der Waals surface area contributed by atoms with Crippen LogP contribution in [0.3, 0.4) is 0 Å². The van der Waals surface area contributed by atoms with E-state index in [0.29, 0.717) is 12.5 Å². The summed E-state index contributed by atoms with van der Waals surface area (Å²) in [4.78, 5) is 4.23. The van der Waals surface area contributed by atoms with Crippen LogP contribution in [0.15, 0.2) is 24.4 Å². The number of nitrogens with zero attached hydrogens (tertiary/aromatic N) is 3. The van der Waals surface area contributed by atoms with Gasteiger partial charge in [-0.1, -0.05) is 17.4 Å². The van der Waals surface area contributed by atoms with Gasteiger partial charge in [-0.3, -0.25) is 4.98 Å². The number of aliphatic hydroxyl groups is 1. The normalized spacial score (nSPS) is 16.5. The van der Waals surface area contributed by atoms with Crippen LogP contribution in [0.4, 0.5) is 5.13 Å². The van der Waals surface area contributed by atoms with Gasteiger partial charge >= 0.3 is 0 Å². The first-order valence-electron chi connectivity index (χ1n) is 6.00. The minimum atomic E-state index is -0.271. The Labute approximate surface area is 109 Å². The maximum absolute atomic E-state index is 9.76. The summed E-state index contributed by atoms with van der Waals surface area (Å²) in [6, 6.07) is 5.70. The van der Waals surface area contributed by atoms with E-state index in [1.807, 2.05) is 18.2 Å². The Morgan fingerprint density at radius 2 is 2.28 bits per heavy atom. The summed E-state index contributed by atoms with van der Waals surface area (Å²) in [5, 5.41) is 22.5. The molecule has 6 heteroatoms. The summed E-state index contributed by atoms with van der Waals surface area (Å²) in [5.41, 5.74) is 0.825. The average molecular weight is 262 g/mol. The van der Waals surface area contributed by atoms with E-state index in [1.165, 1.54) is 11.3 Å². The molecule has 1 saturated carbocycles. The Bertz CT molecular complexity index is 512. The Kier molecular flexibility index (Phi) is 3.21. The number of pyridine rings is 1. The van der Waals surface area contributed by atoms with Crippen molar-refractivity contribution >= 4 is 16.5 Å². The second kappa shape index (κ2) is 4.99. The molecule has 2 heterocycles. The van der Waals surface area contributed by atoms with Crippen molar-refractivity contribution in [3.63, 3.8) is 0 Å². The van der Waals surface area contributed by atoms with Crippen molar-refractivity contribution in [1.82, 2.24) is 15.2 Å². The van der Waals surface area contributed by atoms with Crippen LogP contribution >= 0.6 is 11.3 Å². The van der Waals surface area contributed by atoms with Crippen molar-refractivity contribution in [2.45, 2.75) is 18.9 Å². The zero-order valence-electron chi connectivity index (χ0n) is 9.78. The third-order valence-corrected chi connectivity index (χ3v) is 3.84. The molecule has 1 aliphatic carbocycles. The Balaban J connectivity index is 1.62. The third kappa shape index (κ3) is 2.65. The van der Waals surface area contributed by atoms with Crippen LogP contribution in [0, 0.1) is 5.92 Å². The van der Waals surface area contributed by atoms with E-state index >= 15 is 0 Å². The predicted octanol–water partition coefficient (Wildman–Crippen LogP) is 1.78. The van der Waals surface area contributed by atoms with Gasteiger partial charge in [0.2, 0.25) is 5.13 Å². The summed E-state index contributed by atoms with van der Waals surface area (Å²) in [7, 11) is 0. The first-order chi connectivity index (χ1) is 8.83. The van der Waals surface area contributed by atoms with E-state index < -0.39 is 0 Å². The minimum absolute atomic E-state index is 0.271. The fraction of sp³-hybridized carbons (Fsp3) is 0.417. The monoisotopic (exact) mass is 262 g/mol. The van der Waals surface area contributed by atoms with Crippen molar-refractivity contribution in [1.29, 1.82) is 0 Å². The Morgan fingerprint density at radius 3 is 3.00 bits per heavy atom. The molecule has 18 heavy (non-hydrogen) atoms. The quantitative estimate of drug-likeness (QED) is 0.859. The Morgan fingerprint density at radius 1 is 1.39 bits per heavy atom. The van der Waals surface area contributed by atoms with Crippen LogP contribution in [0.2, 0.25) is 0 Å². The lowest BCUT2D eigenvalue weighted by Gasteiger charge is -2.08. The predicted molar refractivity (Wildman–Crippen MR) is 70.4 cm³/mol. The van der Waals surface area contributed by atoms with E-state index in [9.17, 15) is 5.11 Å². The molecular weight excluding hydrogens is 248 g/mol. The van der Waals surface area contributed by atoms with Gasteiger partial charge in [-0.2, -0.15) is 0 Å². The molecule has 94 valence electrons. The van der Waals surface area contributed by atoms with Crippen LogP contribution in [-0.4, -0.2) is 32.9 Å². The van der Waals surface area contributed by atoms with Gasteiger partial charge < -0.3 is 10.4 Å².